The van der Waals surface area contributed by atoms with Gasteiger partial charge in [-0.2, -0.15) is 0 Å². The van der Waals surface area contributed by atoms with Crippen LogP contribution >= 0.6 is 0 Å². The van der Waals surface area contributed by atoms with Gasteiger partial charge in [-0.15, -0.1) is 0 Å². The number of anilines is 1. The zero-order valence-electron chi connectivity index (χ0n) is 15.4. The molecule has 28 heavy (non-hydrogen) atoms. The van der Waals surface area contributed by atoms with Crippen molar-refractivity contribution in [2.75, 3.05) is 25.5 Å². The lowest BCUT2D eigenvalue weighted by Crippen LogP contribution is -2.38. The van der Waals surface area contributed by atoms with Crippen molar-refractivity contribution in [3.63, 3.8) is 0 Å². The molecular formula is C20H19N5O3. The van der Waals surface area contributed by atoms with Gasteiger partial charge in [0.25, 0.3) is 11.8 Å². The SMILES string of the molecule is CN1C(=O)C2=C(C1=O)N(CC(=O)Nc1ccc(-c3cnccn3)cc1)CCC2. The first-order chi connectivity index (χ1) is 13.5. The smallest absolute Gasteiger partial charge is 0.277 e. The molecule has 0 unspecified atom stereocenters. The van der Waals surface area contributed by atoms with Crippen molar-refractivity contribution in [2.24, 2.45) is 0 Å². The molecule has 0 aliphatic carbocycles. The fourth-order valence-electron chi connectivity index (χ4n) is 3.50. The number of hydrogen-bond acceptors (Lipinski definition) is 6. The second-order valence-electron chi connectivity index (χ2n) is 6.74. The number of amides is 3. The van der Waals surface area contributed by atoms with Gasteiger partial charge < -0.3 is 10.2 Å². The number of hydrogen-bond donors (Lipinski definition) is 1. The molecule has 0 radical (unpaired) electrons. The molecule has 0 spiro atoms. The van der Waals surface area contributed by atoms with E-state index in [2.05, 4.69) is 15.3 Å². The number of carbonyl (C=O) groups is 3. The number of carbonyl (C=O) groups excluding carboxylic acids is 3. The second-order valence-corrected chi connectivity index (χ2v) is 6.74. The molecule has 0 fully saturated rings. The van der Waals surface area contributed by atoms with Gasteiger partial charge in [0.15, 0.2) is 0 Å². The minimum Gasteiger partial charge on any atom is -0.357 e. The monoisotopic (exact) mass is 377 g/mol. The lowest BCUT2D eigenvalue weighted by molar-refractivity contribution is -0.136. The number of imide groups is 1. The van der Waals surface area contributed by atoms with Gasteiger partial charge in [-0.25, -0.2) is 0 Å². The molecule has 4 rings (SSSR count). The van der Waals surface area contributed by atoms with Crippen molar-refractivity contribution in [2.45, 2.75) is 12.8 Å². The van der Waals surface area contributed by atoms with Crippen LogP contribution < -0.4 is 5.32 Å². The maximum atomic E-state index is 12.5. The molecule has 8 heteroatoms. The third-order valence-electron chi connectivity index (χ3n) is 4.89. The Kier molecular flexibility index (Phi) is 4.60. The van der Waals surface area contributed by atoms with E-state index in [4.69, 9.17) is 0 Å². The fraction of sp³-hybridized carbons (Fsp3) is 0.250. The standard InChI is InChI=1S/C20H19N5O3/c1-24-19(27)15-3-2-10-25(18(15)20(24)28)12-17(26)23-14-6-4-13(5-7-14)16-11-21-8-9-22-16/h4-9,11H,2-3,10,12H2,1H3,(H,23,26). The number of nitrogens with zero attached hydrogens (tertiary/aromatic N) is 4. The summed E-state index contributed by atoms with van der Waals surface area (Å²) in [7, 11) is 1.47. The Hall–Kier alpha value is -3.55. The molecule has 0 saturated heterocycles. The van der Waals surface area contributed by atoms with Crippen LogP contribution in [0.15, 0.2) is 54.1 Å². The summed E-state index contributed by atoms with van der Waals surface area (Å²) in [5.41, 5.74) is 3.18. The van der Waals surface area contributed by atoms with E-state index in [1.54, 1.807) is 35.6 Å². The van der Waals surface area contributed by atoms with Crippen LogP contribution in [0.2, 0.25) is 0 Å². The molecule has 2 aromatic rings. The number of aromatic nitrogens is 2. The first-order valence-corrected chi connectivity index (χ1v) is 9.01. The van der Waals surface area contributed by atoms with Crippen molar-refractivity contribution in [1.29, 1.82) is 0 Å². The minimum atomic E-state index is -0.333. The summed E-state index contributed by atoms with van der Waals surface area (Å²) in [6, 6.07) is 7.30. The first-order valence-electron chi connectivity index (χ1n) is 9.01. The molecular weight excluding hydrogens is 358 g/mol. The lowest BCUT2D eigenvalue weighted by Gasteiger charge is -2.28. The maximum absolute atomic E-state index is 12.5. The quantitative estimate of drug-likeness (QED) is 0.810. The summed E-state index contributed by atoms with van der Waals surface area (Å²) in [4.78, 5) is 48.1. The highest BCUT2D eigenvalue weighted by molar-refractivity contribution is 6.19. The number of nitrogens with one attached hydrogen (secondary N) is 1. The molecule has 1 aromatic heterocycles. The van der Waals surface area contributed by atoms with E-state index < -0.39 is 0 Å². The van der Waals surface area contributed by atoms with E-state index in [0.717, 1.165) is 22.6 Å². The first kappa shape index (κ1) is 17.8. The third kappa shape index (κ3) is 3.24. The average molecular weight is 377 g/mol. The molecule has 0 saturated carbocycles. The van der Waals surface area contributed by atoms with E-state index in [-0.39, 0.29) is 24.3 Å². The lowest BCUT2D eigenvalue weighted by atomic mass is 10.0. The normalized spacial score (nSPS) is 16.5. The molecule has 1 aromatic carbocycles. The predicted molar refractivity (Wildman–Crippen MR) is 102 cm³/mol. The largest absolute Gasteiger partial charge is 0.357 e. The van der Waals surface area contributed by atoms with Crippen LogP contribution in [-0.4, -0.2) is 57.6 Å². The average Bonchev–Trinajstić information content (AvgIpc) is 2.94. The van der Waals surface area contributed by atoms with E-state index in [9.17, 15) is 14.4 Å². The van der Waals surface area contributed by atoms with Crippen LogP contribution in [0.5, 0.6) is 0 Å². The summed E-state index contributed by atoms with van der Waals surface area (Å²) in [6.07, 6.45) is 6.23. The summed E-state index contributed by atoms with van der Waals surface area (Å²) >= 11 is 0. The van der Waals surface area contributed by atoms with Crippen LogP contribution in [0.3, 0.4) is 0 Å². The summed E-state index contributed by atoms with van der Waals surface area (Å²) in [5.74, 6) is -0.832. The Morgan fingerprint density at radius 2 is 1.93 bits per heavy atom. The van der Waals surface area contributed by atoms with Gasteiger partial charge >= 0.3 is 0 Å². The maximum Gasteiger partial charge on any atom is 0.277 e. The number of likely N-dealkylation sites (N-methyl/N-ethyl adjacent to an activating group) is 1. The van der Waals surface area contributed by atoms with E-state index in [1.807, 2.05) is 12.1 Å². The van der Waals surface area contributed by atoms with Crippen molar-refractivity contribution in [3.05, 3.63) is 54.1 Å². The molecule has 3 amide bonds. The molecule has 8 nitrogen and oxygen atoms in total. The van der Waals surface area contributed by atoms with Crippen LogP contribution in [0.1, 0.15) is 12.8 Å². The van der Waals surface area contributed by atoms with Crippen molar-refractivity contribution in [1.82, 2.24) is 19.8 Å². The zero-order valence-corrected chi connectivity index (χ0v) is 15.4. The Balaban J connectivity index is 1.43. The van der Waals surface area contributed by atoms with E-state index in [1.165, 1.54) is 7.05 Å². The third-order valence-corrected chi connectivity index (χ3v) is 4.89. The van der Waals surface area contributed by atoms with E-state index in [0.29, 0.717) is 29.9 Å². The number of benzene rings is 1. The van der Waals surface area contributed by atoms with Gasteiger partial charge in [0, 0.05) is 42.8 Å². The molecule has 2 aliphatic heterocycles. The molecule has 2 aliphatic rings. The van der Waals surface area contributed by atoms with Crippen LogP contribution in [-0.2, 0) is 14.4 Å². The minimum absolute atomic E-state index is 0.0254. The molecule has 0 atom stereocenters. The van der Waals surface area contributed by atoms with Crippen molar-refractivity contribution < 1.29 is 14.4 Å². The van der Waals surface area contributed by atoms with Crippen molar-refractivity contribution in [3.8, 4) is 11.3 Å². The Morgan fingerprint density at radius 3 is 2.64 bits per heavy atom. The van der Waals surface area contributed by atoms with Gasteiger partial charge in [-0.05, 0) is 25.0 Å². The molecule has 3 heterocycles. The van der Waals surface area contributed by atoms with Crippen LogP contribution in [0, 0.1) is 0 Å². The number of rotatable bonds is 4. The molecule has 1 N–H and O–H groups in total. The highest BCUT2D eigenvalue weighted by atomic mass is 16.2. The Morgan fingerprint density at radius 1 is 1.14 bits per heavy atom. The fourth-order valence-corrected chi connectivity index (χ4v) is 3.50. The topological polar surface area (TPSA) is 95.5 Å². The van der Waals surface area contributed by atoms with Crippen molar-refractivity contribution >= 4 is 23.4 Å². The summed E-state index contributed by atoms with van der Waals surface area (Å²) < 4.78 is 0. The van der Waals surface area contributed by atoms with Crippen LogP contribution in [0.25, 0.3) is 11.3 Å². The van der Waals surface area contributed by atoms with Gasteiger partial charge in [0.2, 0.25) is 5.91 Å². The second kappa shape index (κ2) is 7.22. The Labute approximate surface area is 161 Å². The van der Waals surface area contributed by atoms with Crippen LogP contribution in [0.4, 0.5) is 5.69 Å². The molecule has 0 bridgehead atoms. The van der Waals surface area contributed by atoms with Gasteiger partial charge in [0.1, 0.15) is 5.70 Å². The Bertz CT molecular complexity index is 969. The highest BCUT2D eigenvalue weighted by Crippen LogP contribution is 2.30. The van der Waals surface area contributed by atoms with E-state index >= 15 is 0 Å². The molecule has 142 valence electrons. The summed E-state index contributed by atoms with van der Waals surface area (Å²) in [6.45, 7) is 0.600. The van der Waals surface area contributed by atoms with Gasteiger partial charge in [-0.1, -0.05) is 12.1 Å². The highest BCUT2D eigenvalue weighted by Gasteiger charge is 2.40. The van der Waals surface area contributed by atoms with Gasteiger partial charge in [0.05, 0.1) is 18.4 Å². The predicted octanol–water partition coefficient (Wildman–Crippen LogP) is 1.43. The van der Waals surface area contributed by atoms with Gasteiger partial charge in [-0.3, -0.25) is 29.3 Å². The zero-order chi connectivity index (χ0) is 19.7. The summed E-state index contributed by atoms with van der Waals surface area (Å²) in [5, 5.41) is 2.84.